The Morgan fingerprint density at radius 1 is 1.34 bits per heavy atom. The second-order valence-electron chi connectivity index (χ2n) is 5.85. The van der Waals surface area contributed by atoms with Crippen LogP contribution in [-0.2, 0) is 18.0 Å². The van der Waals surface area contributed by atoms with E-state index in [2.05, 4.69) is 10.4 Å². The molecule has 2 amide bonds. The molecule has 0 aliphatic heterocycles. The Morgan fingerprint density at radius 2 is 1.97 bits per heavy atom. The molecule has 29 heavy (non-hydrogen) atoms. The number of hydrogen-bond donors (Lipinski definition) is 2. The van der Waals surface area contributed by atoms with E-state index in [1.54, 1.807) is 6.92 Å². The summed E-state index contributed by atoms with van der Waals surface area (Å²) in [6.45, 7) is 3.30. The Kier molecular flexibility index (Phi) is 6.58. The molecule has 0 atom stereocenters. The summed E-state index contributed by atoms with van der Waals surface area (Å²) in [6, 6.07) is 0. The van der Waals surface area contributed by atoms with Crippen LogP contribution in [0.3, 0.4) is 0 Å². The first-order valence-electron chi connectivity index (χ1n) is 8.11. The number of amides is 2. The van der Waals surface area contributed by atoms with E-state index < -0.39 is 40.4 Å². The smallest absolute Gasteiger partial charge is 0.434 e. The van der Waals surface area contributed by atoms with Crippen molar-refractivity contribution in [2.24, 2.45) is 12.8 Å². The van der Waals surface area contributed by atoms with Crippen molar-refractivity contribution in [1.29, 1.82) is 0 Å². The monoisotopic (exact) mass is 452 g/mol. The first kappa shape index (κ1) is 22.7. The predicted molar refractivity (Wildman–Crippen MR) is 99.3 cm³/mol. The van der Waals surface area contributed by atoms with Crippen molar-refractivity contribution in [2.75, 3.05) is 11.9 Å². The van der Waals surface area contributed by atoms with Crippen LogP contribution in [0.4, 0.5) is 18.2 Å². The Hall–Kier alpha value is -2.60. The van der Waals surface area contributed by atoms with E-state index in [1.807, 2.05) is 0 Å². The van der Waals surface area contributed by atoms with Gasteiger partial charge in [-0.1, -0.05) is 18.5 Å². The van der Waals surface area contributed by atoms with E-state index in [4.69, 9.17) is 22.1 Å². The molecule has 2 heterocycles. The number of rotatable bonds is 6. The summed E-state index contributed by atoms with van der Waals surface area (Å²) < 4.78 is 44.7. The summed E-state index contributed by atoms with van der Waals surface area (Å²) in [6.07, 6.45) is -4.30. The minimum atomic E-state index is -4.83. The predicted octanol–water partition coefficient (Wildman–Crippen LogP) is 3.38. The van der Waals surface area contributed by atoms with Gasteiger partial charge in [0.25, 0.3) is 11.8 Å². The molecule has 3 N–H and O–H groups in total. The van der Waals surface area contributed by atoms with Crippen molar-refractivity contribution < 1.29 is 32.3 Å². The Labute approximate surface area is 171 Å². The first-order chi connectivity index (χ1) is 13.4. The normalized spacial score (nSPS) is 11.4. The summed E-state index contributed by atoms with van der Waals surface area (Å²) in [5, 5.41) is 4.78. The molecule has 13 heteroatoms. The summed E-state index contributed by atoms with van der Waals surface area (Å²) in [4.78, 5) is 36.4. The number of alkyl halides is 3. The molecule has 8 nitrogen and oxygen atoms in total. The highest BCUT2D eigenvalue weighted by Crippen LogP contribution is 2.37. The highest BCUT2D eigenvalue weighted by Gasteiger charge is 2.40. The number of carbonyl (C=O) groups is 3. The summed E-state index contributed by atoms with van der Waals surface area (Å²) >= 11 is 6.40. The van der Waals surface area contributed by atoms with Crippen molar-refractivity contribution in [1.82, 2.24) is 9.78 Å². The summed E-state index contributed by atoms with van der Waals surface area (Å²) in [5.74, 6) is -2.75. The van der Waals surface area contributed by atoms with Crippen LogP contribution in [0, 0.1) is 6.92 Å². The van der Waals surface area contributed by atoms with Gasteiger partial charge in [0, 0.05) is 7.05 Å². The maximum absolute atomic E-state index is 13.1. The number of nitrogens with two attached hydrogens (primary N) is 1. The lowest BCUT2D eigenvalue weighted by atomic mass is 10.1. The molecule has 0 radical (unpaired) electrons. The highest BCUT2D eigenvalue weighted by molar-refractivity contribution is 7.18. The number of primary amides is 1. The first-order valence-corrected chi connectivity index (χ1v) is 9.30. The zero-order chi connectivity index (χ0) is 22.1. The van der Waals surface area contributed by atoms with Crippen LogP contribution in [0.5, 0.6) is 0 Å². The van der Waals surface area contributed by atoms with E-state index in [1.165, 1.54) is 6.92 Å². The number of aryl methyl sites for hydroxylation is 1. The highest BCUT2D eigenvalue weighted by atomic mass is 35.5. The van der Waals surface area contributed by atoms with E-state index in [-0.39, 0.29) is 27.6 Å². The number of thiophene rings is 1. The fourth-order valence-corrected chi connectivity index (χ4v) is 3.86. The lowest BCUT2D eigenvalue weighted by molar-refractivity contribution is -0.143. The number of aromatic nitrogens is 2. The number of ether oxygens (including phenoxy) is 1. The van der Waals surface area contributed by atoms with Crippen LogP contribution in [0.1, 0.15) is 55.1 Å². The maximum atomic E-state index is 13.1. The van der Waals surface area contributed by atoms with E-state index in [0.717, 1.165) is 7.05 Å². The fourth-order valence-electron chi connectivity index (χ4n) is 2.46. The van der Waals surface area contributed by atoms with Gasteiger partial charge in [0.2, 0.25) is 0 Å². The zero-order valence-corrected chi connectivity index (χ0v) is 17.0. The Balaban J connectivity index is 2.46. The van der Waals surface area contributed by atoms with Gasteiger partial charge in [-0.2, -0.15) is 18.3 Å². The van der Waals surface area contributed by atoms with Gasteiger partial charge in [-0.25, -0.2) is 4.79 Å². The Morgan fingerprint density at radius 3 is 2.45 bits per heavy atom. The third kappa shape index (κ3) is 4.53. The standard InChI is InChI=1S/C16H16ClF3N4O4S/c1-4-5-28-15(27)7-6(2)10(12(21)25)29-14(7)22-13(26)9-8(17)11(16(18,19)20)24(3)23-9/h4-5H2,1-3H3,(H2,21,25)(H,22,26). The molecule has 0 saturated heterocycles. The minimum Gasteiger partial charge on any atom is -0.462 e. The molecule has 0 unspecified atom stereocenters. The van der Waals surface area contributed by atoms with Gasteiger partial charge in [-0.3, -0.25) is 14.3 Å². The van der Waals surface area contributed by atoms with Gasteiger partial charge in [0.1, 0.15) is 10.0 Å². The van der Waals surface area contributed by atoms with Crippen LogP contribution in [-0.4, -0.2) is 34.2 Å². The maximum Gasteiger partial charge on any atom is 0.434 e. The molecule has 0 aliphatic carbocycles. The second kappa shape index (κ2) is 8.41. The molecule has 0 saturated carbocycles. The third-order valence-corrected chi connectivity index (χ3v) is 5.29. The molecule has 0 fully saturated rings. The molecule has 0 aromatic carbocycles. The number of carbonyl (C=O) groups excluding carboxylic acids is 3. The molecule has 158 valence electrons. The van der Waals surface area contributed by atoms with E-state index in [9.17, 15) is 27.6 Å². The van der Waals surface area contributed by atoms with Gasteiger partial charge < -0.3 is 15.8 Å². The molecular weight excluding hydrogens is 437 g/mol. The van der Waals surface area contributed by atoms with E-state index in [0.29, 0.717) is 22.4 Å². The topological polar surface area (TPSA) is 116 Å². The summed E-state index contributed by atoms with van der Waals surface area (Å²) in [7, 11) is 0.986. The minimum absolute atomic E-state index is 0.00755. The van der Waals surface area contributed by atoms with Crippen LogP contribution >= 0.6 is 22.9 Å². The van der Waals surface area contributed by atoms with Crippen molar-refractivity contribution in [3.63, 3.8) is 0 Å². The molecule has 2 rings (SSSR count). The quantitative estimate of drug-likeness (QED) is 0.652. The number of anilines is 1. The van der Waals surface area contributed by atoms with Gasteiger partial charge >= 0.3 is 12.1 Å². The van der Waals surface area contributed by atoms with Gasteiger partial charge in [-0.05, 0) is 18.9 Å². The van der Waals surface area contributed by atoms with E-state index >= 15 is 0 Å². The van der Waals surface area contributed by atoms with Crippen molar-refractivity contribution in [2.45, 2.75) is 26.4 Å². The molecule has 2 aromatic heterocycles. The van der Waals surface area contributed by atoms with Crippen LogP contribution < -0.4 is 11.1 Å². The van der Waals surface area contributed by atoms with Gasteiger partial charge in [-0.15, -0.1) is 11.3 Å². The lowest BCUT2D eigenvalue weighted by Gasteiger charge is -2.07. The number of nitrogens with one attached hydrogen (secondary N) is 1. The van der Waals surface area contributed by atoms with Crippen LogP contribution in [0.2, 0.25) is 5.02 Å². The van der Waals surface area contributed by atoms with Crippen LogP contribution in [0.15, 0.2) is 0 Å². The number of hydrogen-bond acceptors (Lipinski definition) is 6. The average Bonchev–Trinajstić information content (AvgIpc) is 3.08. The summed E-state index contributed by atoms with van der Waals surface area (Å²) in [5.41, 5.74) is 3.35. The lowest BCUT2D eigenvalue weighted by Crippen LogP contribution is -2.16. The second-order valence-corrected chi connectivity index (χ2v) is 7.25. The number of halogens is 4. The zero-order valence-electron chi connectivity index (χ0n) is 15.4. The molecule has 0 bridgehead atoms. The van der Waals surface area contributed by atoms with Crippen LogP contribution in [0.25, 0.3) is 0 Å². The van der Waals surface area contributed by atoms with Crippen molar-refractivity contribution >= 4 is 45.7 Å². The van der Waals surface area contributed by atoms with Gasteiger partial charge in [0.05, 0.1) is 17.0 Å². The average molecular weight is 453 g/mol. The largest absolute Gasteiger partial charge is 0.462 e. The van der Waals surface area contributed by atoms with Crippen molar-refractivity contribution in [3.8, 4) is 0 Å². The molecule has 0 aliphatic rings. The SMILES string of the molecule is CCCOC(=O)c1c(NC(=O)c2nn(C)c(C(F)(F)F)c2Cl)sc(C(N)=O)c1C. The number of nitrogens with zero attached hydrogens (tertiary/aromatic N) is 2. The third-order valence-electron chi connectivity index (χ3n) is 3.71. The molecule has 2 aromatic rings. The van der Waals surface area contributed by atoms with Gasteiger partial charge in [0.15, 0.2) is 11.4 Å². The number of esters is 1. The van der Waals surface area contributed by atoms with Crippen molar-refractivity contribution in [3.05, 3.63) is 32.4 Å². The molecule has 0 spiro atoms. The fraction of sp³-hybridized carbons (Fsp3) is 0.375. The molecular formula is C16H16ClF3N4O4S. The Bertz CT molecular complexity index is 984.